The van der Waals surface area contributed by atoms with Crippen LogP contribution in [0.2, 0.25) is 0 Å². The van der Waals surface area contributed by atoms with Crippen molar-refractivity contribution in [3.8, 4) is 0 Å². The molecule has 0 unspecified atom stereocenters. The summed E-state index contributed by atoms with van der Waals surface area (Å²) >= 11 is 1.59. The quantitative estimate of drug-likeness (QED) is 0.439. The number of carbonyl (C=O) groups excluding carboxylic acids is 3. The van der Waals surface area contributed by atoms with E-state index >= 15 is 0 Å². The minimum Gasteiger partial charge on any atom is -0.449 e. The van der Waals surface area contributed by atoms with E-state index in [4.69, 9.17) is 10.5 Å². The highest BCUT2D eigenvalue weighted by molar-refractivity contribution is 8.00. The van der Waals surface area contributed by atoms with Crippen LogP contribution in [0.25, 0.3) is 0 Å². The Morgan fingerprint density at radius 1 is 1.18 bits per heavy atom. The van der Waals surface area contributed by atoms with Gasteiger partial charge in [-0.15, -0.1) is 0 Å². The number of carbonyl (C=O) groups is 3. The Morgan fingerprint density at radius 3 is 2.45 bits per heavy atom. The lowest BCUT2D eigenvalue weighted by Gasteiger charge is -2.37. The van der Waals surface area contributed by atoms with Crippen LogP contribution in [0.3, 0.4) is 0 Å². The first kappa shape index (κ1) is 27.8. The van der Waals surface area contributed by atoms with Crippen molar-refractivity contribution in [3.05, 3.63) is 0 Å². The molecule has 2 aliphatic rings. The molecule has 1 saturated heterocycles. The van der Waals surface area contributed by atoms with Gasteiger partial charge >= 0.3 is 6.09 Å². The van der Waals surface area contributed by atoms with Gasteiger partial charge in [-0.2, -0.15) is 11.8 Å². The normalized spacial score (nSPS) is 22.8. The van der Waals surface area contributed by atoms with E-state index in [1.165, 1.54) is 19.3 Å². The molecule has 2 fully saturated rings. The van der Waals surface area contributed by atoms with Crippen molar-refractivity contribution >= 4 is 29.7 Å². The van der Waals surface area contributed by atoms with Crippen LogP contribution >= 0.6 is 11.8 Å². The first-order valence-corrected chi connectivity index (χ1v) is 13.4. The van der Waals surface area contributed by atoms with Crippen molar-refractivity contribution in [1.29, 1.82) is 0 Å². The van der Waals surface area contributed by atoms with Crippen molar-refractivity contribution in [1.82, 2.24) is 15.5 Å². The standard InChI is InChI=1S/C24H44N4O4S/c1-6-33-24(4,5)20(27-23(31)32-15-16(2)3)22(30)28-14-18(25)12-19(28)21(29)26-13-17-10-8-7-9-11-17/h16-20H,6-15,25H2,1-5H3,(H,26,29)(H,27,31)/t18-,19+,20+/m1/s1. The zero-order valence-corrected chi connectivity index (χ0v) is 21.8. The van der Waals surface area contributed by atoms with Gasteiger partial charge in [-0.25, -0.2) is 4.79 Å². The van der Waals surface area contributed by atoms with Gasteiger partial charge in [0.05, 0.1) is 6.61 Å². The van der Waals surface area contributed by atoms with Crippen molar-refractivity contribution < 1.29 is 19.1 Å². The van der Waals surface area contributed by atoms with Crippen LogP contribution in [0.1, 0.15) is 73.1 Å². The van der Waals surface area contributed by atoms with Crippen molar-refractivity contribution in [2.24, 2.45) is 17.6 Å². The van der Waals surface area contributed by atoms with Crippen LogP contribution in [0, 0.1) is 11.8 Å². The number of thioether (sulfide) groups is 1. The van der Waals surface area contributed by atoms with Gasteiger partial charge in [0, 0.05) is 23.9 Å². The zero-order chi connectivity index (χ0) is 24.6. The van der Waals surface area contributed by atoms with Gasteiger partial charge in [-0.1, -0.05) is 40.0 Å². The van der Waals surface area contributed by atoms with Gasteiger partial charge < -0.3 is 26.0 Å². The Labute approximate surface area is 203 Å². The average molecular weight is 485 g/mol. The van der Waals surface area contributed by atoms with E-state index in [-0.39, 0.29) is 30.4 Å². The molecule has 0 aromatic heterocycles. The molecule has 8 nitrogen and oxygen atoms in total. The van der Waals surface area contributed by atoms with E-state index in [1.54, 1.807) is 16.7 Å². The van der Waals surface area contributed by atoms with E-state index in [9.17, 15) is 14.4 Å². The molecule has 0 bridgehead atoms. The number of rotatable bonds is 10. The first-order chi connectivity index (χ1) is 15.5. The minimum atomic E-state index is -0.832. The first-order valence-electron chi connectivity index (χ1n) is 12.5. The van der Waals surface area contributed by atoms with Gasteiger partial charge in [0.1, 0.15) is 12.1 Å². The molecule has 3 atom stereocenters. The molecule has 0 spiro atoms. The molecule has 1 aliphatic heterocycles. The summed E-state index contributed by atoms with van der Waals surface area (Å²) in [5.41, 5.74) is 6.19. The van der Waals surface area contributed by atoms with Crippen LogP contribution in [-0.2, 0) is 14.3 Å². The second kappa shape index (κ2) is 12.8. The molecule has 0 aromatic carbocycles. The number of hydrogen-bond acceptors (Lipinski definition) is 6. The Morgan fingerprint density at radius 2 is 1.85 bits per heavy atom. The van der Waals surface area contributed by atoms with Crippen molar-refractivity contribution in [2.45, 2.75) is 96.0 Å². The lowest BCUT2D eigenvalue weighted by Crippen LogP contribution is -2.60. The number of amides is 3. The Balaban J connectivity index is 2.11. The summed E-state index contributed by atoms with van der Waals surface area (Å²) in [6.07, 6.45) is 5.78. The molecular formula is C24H44N4O4S. The molecule has 1 heterocycles. The molecule has 0 aromatic rings. The molecule has 2 rings (SSSR count). The van der Waals surface area contributed by atoms with E-state index < -0.39 is 22.9 Å². The largest absolute Gasteiger partial charge is 0.449 e. The SMILES string of the molecule is CCSC(C)(C)[C@@H](NC(=O)OCC(C)C)C(=O)N1C[C@H](N)C[C@H]1C(=O)NCC1CCCCC1. The van der Waals surface area contributed by atoms with Crippen LogP contribution < -0.4 is 16.4 Å². The maximum Gasteiger partial charge on any atom is 0.407 e. The summed E-state index contributed by atoms with van der Waals surface area (Å²) in [5, 5.41) is 5.86. The third-order valence-corrected chi connectivity index (χ3v) is 7.75. The van der Waals surface area contributed by atoms with Crippen LogP contribution in [-0.4, -0.2) is 71.1 Å². The predicted octanol–water partition coefficient (Wildman–Crippen LogP) is 2.89. The van der Waals surface area contributed by atoms with Gasteiger partial charge in [0.25, 0.3) is 0 Å². The van der Waals surface area contributed by atoms with Crippen LogP contribution in [0.4, 0.5) is 4.79 Å². The number of likely N-dealkylation sites (tertiary alicyclic amines) is 1. The molecule has 0 radical (unpaired) electrons. The number of alkyl carbamates (subject to hydrolysis) is 1. The highest BCUT2D eigenvalue weighted by Crippen LogP contribution is 2.31. The molecule has 1 aliphatic carbocycles. The fourth-order valence-corrected chi connectivity index (χ4v) is 5.74. The topological polar surface area (TPSA) is 114 Å². The smallest absolute Gasteiger partial charge is 0.407 e. The van der Waals surface area contributed by atoms with Gasteiger partial charge in [-0.05, 0) is 50.7 Å². The fraction of sp³-hybridized carbons (Fsp3) is 0.875. The minimum absolute atomic E-state index is 0.149. The van der Waals surface area contributed by atoms with Gasteiger partial charge in [-0.3, -0.25) is 9.59 Å². The third-order valence-electron chi connectivity index (χ3n) is 6.48. The lowest BCUT2D eigenvalue weighted by atomic mass is 9.89. The van der Waals surface area contributed by atoms with Gasteiger partial charge in [0.15, 0.2) is 0 Å². The van der Waals surface area contributed by atoms with E-state index in [0.29, 0.717) is 25.4 Å². The van der Waals surface area contributed by atoms with Crippen molar-refractivity contribution in [2.75, 3.05) is 25.4 Å². The second-order valence-corrected chi connectivity index (χ2v) is 12.3. The Kier molecular flexibility index (Phi) is 10.8. The average Bonchev–Trinajstić information content (AvgIpc) is 3.16. The number of nitrogens with one attached hydrogen (secondary N) is 2. The third kappa shape index (κ3) is 8.35. The Bertz CT molecular complexity index is 667. The monoisotopic (exact) mass is 484 g/mol. The Hall–Kier alpha value is -1.48. The van der Waals surface area contributed by atoms with E-state index in [2.05, 4.69) is 10.6 Å². The molecule has 33 heavy (non-hydrogen) atoms. The number of nitrogens with two attached hydrogens (primary N) is 1. The summed E-state index contributed by atoms with van der Waals surface area (Å²) in [6, 6.07) is -1.72. The van der Waals surface area contributed by atoms with Crippen LogP contribution in [0.15, 0.2) is 0 Å². The highest BCUT2D eigenvalue weighted by atomic mass is 32.2. The number of hydrogen-bond donors (Lipinski definition) is 3. The molecule has 1 saturated carbocycles. The molecule has 190 valence electrons. The predicted molar refractivity (Wildman–Crippen MR) is 133 cm³/mol. The highest BCUT2D eigenvalue weighted by Gasteiger charge is 2.45. The number of nitrogens with zero attached hydrogens (tertiary/aromatic N) is 1. The van der Waals surface area contributed by atoms with E-state index in [1.807, 2.05) is 34.6 Å². The van der Waals surface area contributed by atoms with E-state index in [0.717, 1.165) is 18.6 Å². The molecule has 9 heteroatoms. The molecule has 4 N–H and O–H groups in total. The summed E-state index contributed by atoms with van der Waals surface area (Å²) in [7, 11) is 0. The van der Waals surface area contributed by atoms with Crippen LogP contribution in [0.5, 0.6) is 0 Å². The van der Waals surface area contributed by atoms with Gasteiger partial charge in [0.2, 0.25) is 11.8 Å². The lowest BCUT2D eigenvalue weighted by molar-refractivity contribution is -0.140. The second-order valence-electron chi connectivity index (χ2n) is 10.4. The summed E-state index contributed by atoms with van der Waals surface area (Å²) in [5.74, 6) is 1.05. The zero-order valence-electron chi connectivity index (χ0n) is 21.0. The summed E-state index contributed by atoms with van der Waals surface area (Å²) in [6.45, 7) is 11.0. The fourth-order valence-electron chi connectivity index (χ4n) is 4.67. The van der Waals surface area contributed by atoms with Crippen molar-refractivity contribution in [3.63, 3.8) is 0 Å². The summed E-state index contributed by atoms with van der Waals surface area (Å²) in [4.78, 5) is 40.8. The maximum absolute atomic E-state index is 13.7. The molecule has 3 amide bonds. The maximum atomic E-state index is 13.7. The molecular weight excluding hydrogens is 440 g/mol. The number of ether oxygens (including phenoxy) is 1. The summed E-state index contributed by atoms with van der Waals surface area (Å²) < 4.78 is 4.70.